The van der Waals surface area contributed by atoms with Crippen LogP contribution in [0.25, 0.3) is 0 Å². The number of halogens is 1. The fourth-order valence-corrected chi connectivity index (χ4v) is 3.66. The molecule has 3 amide bonds. The minimum absolute atomic E-state index is 0.145. The van der Waals surface area contributed by atoms with Crippen LogP contribution in [0.3, 0.4) is 0 Å². The molecule has 3 aromatic carbocycles. The van der Waals surface area contributed by atoms with Crippen LogP contribution in [0.1, 0.15) is 38.0 Å². The Morgan fingerprint density at radius 3 is 2.47 bits per heavy atom. The number of nitrogens with zero attached hydrogens (tertiary/aromatic N) is 1. The molecule has 0 saturated heterocycles. The first-order chi connectivity index (χ1) is 15.4. The highest BCUT2D eigenvalue weighted by Crippen LogP contribution is 2.35. The van der Waals surface area contributed by atoms with Crippen molar-refractivity contribution in [3.05, 3.63) is 82.4 Å². The third kappa shape index (κ3) is 3.78. The van der Waals surface area contributed by atoms with Crippen LogP contribution in [0, 0.1) is 0 Å². The van der Waals surface area contributed by atoms with E-state index in [9.17, 15) is 14.4 Å². The van der Waals surface area contributed by atoms with Gasteiger partial charge in [-0.1, -0.05) is 23.7 Å². The first kappa shape index (κ1) is 21.4. The topological polar surface area (TPSA) is 84.9 Å². The van der Waals surface area contributed by atoms with Crippen molar-refractivity contribution >= 4 is 40.7 Å². The number of methoxy groups -OCH3 is 1. The van der Waals surface area contributed by atoms with Gasteiger partial charge in [0.25, 0.3) is 17.7 Å². The summed E-state index contributed by atoms with van der Waals surface area (Å²) < 4.78 is 10.8. The lowest BCUT2D eigenvalue weighted by Gasteiger charge is -2.17. The molecule has 162 valence electrons. The Morgan fingerprint density at radius 2 is 1.72 bits per heavy atom. The zero-order valence-corrected chi connectivity index (χ0v) is 18.1. The fraction of sp³-hybridized carbons (Fsp3) is 0.125. The molecule has 0 aromatic heterocycles. The van der Waals surface area contributed by atoms with E-state index in [1.54, 1.807) is 42.5 Å². The molecular weight excluding hydrogens is 432 g/mol. The van der Waals surface area contributed by atoms with Crippen LogP contribution >= 0.6 is 11.6 Å². The van der Waals surface area contributed by atoms with E-state index in [2.05, 4.69) is 5.32 Å². The monoisotopic (exact) mass is 450 g/mol. The maximum atomic E-state index is 13.1. The number of hydrogen-bond donors (Lipinski definition) is 1. The second-order valence-corrected chi connectivity index (χ2v) is 7.34. The van der Waals surface area contributed by atoms with Gasteiger partial charge >= 0.3 is 0 Å². The van der Waals surface area contributed by atoms with Gasteiger partial charge < -0.3 is 14.8 Å². The first-order valence-electron chi connectivity index (χ1n) is 9.84. The van der Waals surface area contributed by atoms with E-state index in [1.807, 2.05) is 6.92 Å². The Balaban J connectivity index is 1.65. The average Bonchev–Trinajstić information content (AvgIpc) is 3.04. The molecule has 8 heteroatoms. The van der Waals surface area contributed by atoms with Crippen molar-refractivity contribution in [2.24, 2.45) is 0 Å². The van der Waals surface area contributed by atoms with Gasteiger partial charge in [-0.05, 0) is 55.5 Å². The lowest BCUT2D eigenvalue weighted by Crippen LogP contribution is -2.29. The summed E-state index contributed by atoms with van der Waals surface area (Å²) in [5.41, 5.74) is 1.33. The molecule has 3 aromatic rings. The van der Waals surface area contributed by atoms with E-state index >= 15 is 0 Å². The van der Waals surface area contributed by atoms with Crippen molar-refractivity contribution in [2.45, 2.75) is 6.92 Å². The lowest BCUT2D eigenvalue weighted by molar-refractivity contribution is 0.0924. The van der Waals surface area contributed by atoms with Crippen molar-refractivity contribution in [3.63, 3.8) is 0 Å². The Labute approximate surface area is 189 Å². The predicted octanol–water partition coefficient (Wildman–Crippen LogP) is 4.80. The summed E-state index contributed by atoms with van der Waals surface area (Å²) in [6.45, 7) is 2.20. The van der Waals surface area contributed by atoms with Gasteiger partial charge in [-0.15, -0.1) is 0 Å². The van der Waals surface area contributed by atoms with Crippen molar-refractivity contribution in [1.29, 1.82) is 0 Å². The van der Waals surface area contributed by atoms with Crippen molar-refractivity contribution in [1.82, 2.24) is 0 Å². The number of rotatable bonds is 6. The van der Waals surface area contributed by atoms with Crippen LogP contribution in [0.5, 0.6) is 11.5 Å². The van der Waals surface area contributed by atoms with Crippen molar-refractivity contribution in [3.8, 4) is 11.5 Å². The number of nitrogens with one attached hydrogen (secondary N) is 1. The smallest absolute Gasteiger partial charge is 0.266 e. The van der Waals surface area contributed by atoms with E-state index in [0.717, 1.165) is 4.90 Å². The summed E-state index contributed by atoms with van der Waals surface area (Å²) >= 11 is 6.02. The standard InChI is InChI=1S/C24H19ClN2O5/c1-3-32-21-7-5-4-6-19(21)27-23(29)16-10-8-14(12-17(16)24(27)30)22(28)26-18-13-15(25)9-11-20(18)31-2/h4-13H,3H2,1-2H3,(H,26,28). The molecule has 0 atom stereocenters. The molecule has 0 fully saturated rings. The Bertz CT molecular complexity index is 1240. The van der Waals surface area contributed by atoms with Gasteiger partial charge in [0, 0.05) is 10.6 Å². The zero-order chi connectivity index (χ0) is 22.8. The number of fused-ring (bicyclic) bond motifs is 1. The molecule has 0 saturated carbocycles. The minimum atomic E-state index is -0.521. The second kappa shape index (κ2) is 8.72. The Morgan fingerprint density at radius 1 is 0.969 bits per heavy atom. The summed E-state index contributed by atoms with van der Waals surface area (Å²) in [5.74, 6) is -0.598. The molecule has 1 N–H and O–H groups in total. The highest BCUT2D eigenvalue weighted by atomic mass is 35.5. The number of carbonyl (C=O) groups is 3. The average molecular weight is 451 g/mol. The summed E-state index contributed by atoms with van der Waals surface area (Å²) in [4.78, 5) is 40.0. The van der Waals surface area contributed by atoms with E-state index < -0.39 is 17.7 Å². The summed E-state index contributed by atoms with van der Waals surface area (Å²) in [6.07, 6.45) is 0. The summed E-state index contributed by atoms with van der Waals surface area (Å²) in [5, 5.41) is 3.16. The van der Waals surface area contributed by atoms with Gasteiger partial charge in [0.15, 0.2) is 0 Å². The van der Waals surface area contributed by atoms with Crippen LogP contribution in [-0.2, 0) is 0 Å². The zero-order valence-electron chi connectivity index (χ0n) is 17.3. The number of anilines is 2. The predicted molar refractivity (Wildman–Crippen MR) is 121 cm³/mol. The lowest BCUT2D eigenvalue weighted by atomic mass is 10.1. The fourth-order valence-electron chi connectivity index (χ4n) is 3.49. The van der Waals surface area contributed by atoms with E-state index in [4.69, 9.17) is 21.1 Å². The number of benzene rings is 3. The van der Waals surface area contributed by atoms with Crippen molar-refractivity contribution < 1.29 is 23.9 Å². The first-order valence-corrected chi connectivity index (χ1v) is 10.2. The second-order valence-electron chi connectivity index (χ2n) is 6.91. The largest absolute Gasteiger partial charge is 0.495 e. The molecule has 0 unspecified atom stereocenters. The number of hydrogen-bond acceptors (Lipinski definition) is 5. The van der Waals surface area contributed by atoms with Gasteiger partial charge in [-0.25, -0.2) is 4.90 Å². The molecule has 0 bridgehead atoms. The number of ether oxygens (including phenoxy) is 2. The summed E-state index contributed by atoms with van der Waals surface area (Å²) in [7, 11) is 1.48. The quantitative estimate of drug-likeness (QED) is 0.545. The summed E-state index contributed by atoms with van der Waals surface area (Å²) in [6, 6.07) is 16.0. The van der Waals surface area contributed by atoms with Crippen LogP contribution in [-0.4, -0.2) is 31.4 Å². The van der Waals surface area contributed by atoms with Gasteiger partial charge in [0.2, 0.25) is 0 Å². The van der Waals surface area contributed by atoms with Gasteiger partial charge in [0.1, 0.15) is 11.5 Å². The van der Waals surface area contributed by atoms with Crippen LogP contribution in [0.15, 0.2) is 60.7 Å². The molecule has 0 spiro atoms. The van der Waals surface area contributed by atoms with Gasteiger partial charge in [0.05, 0.1) is 36.2 Å². The highest BCUT2D eigenvalue weighted by Gasteiger charge is 2.38. The minimum Gasteiger partial charge on any atom is -0.495 e. The maximum Gasteiger partial charge on any atom is 0.266 e. The van der Waals surface area contributed by atoms with Crippen LogP contribution in [0.2, 0.25) is 5.02 Å². The van der Waals surface area contributed by atoms with Crippen LogP contribution < -0.4 is 19.7 Å². The number of amides is 3. The highest BCUT2D eigenvalue weighted by molar-refractivity contribution is 6.35. The normalized spacial score (nSPS) is 12.5. The Kier molecular flexibility index (Phi) is 5.83. The third-order valence-corrected chi connectivity index (χ3v) is 5.20. The molecule has 1 aliphatic rings. The van der Waals surface area contributed by atoms with E-state index in [0.29, 0.717) is 34.5 Å². The van der Waals surface area contributed by atoms with Gasteiger partial charge in [-0.2, -0.15) is 0 Å². The molecule has 0 aliphatic carbocycles. The molecule has 4 rings (SSSR count). The molecule has 32 heavy (non-hydrogen) atoms. The van der Waals surface area contributed by atoms with Crippen LogP contribution in [0.4, 0.5) is 11.4 Å². The van der Waals surface area contributed by atoms with Crippen molar-refractivity contribution in [2.75, 3.05) is 23.9 Å². The molecular formula is C24H19ClN2O5. The Hall–Kier alpha value is -3.84. The molecule has 1 aliphatic heterocycles. The number of imide groups is 1. The number of para-hydroxylation sites is 2. The molecule has 0 radical (unpaired) electrons. The van der Waals surface area contributed by atoms with E-state index in [-0.39, 0.29) is 16.7 Å². The molecule has 1 heterocycles. The van der Waals surface area contributed by atoms with E-state index in [1.165, 1.54) is 25.3 Å². The molecule has 7 nitrogen and oxygen atoms in total. The SMILES string of the molecule is CCOc1ccccc1N1C(=O)c2ccc(C(=O)Nc3cc(Cl)ccc3OC)cc2C1=O. The maximum absolute atomic E-state index is 13.1. The van der Waals surface area contributed by atoms with Gasteiger partial charge in [-0.3, -0.25) is 14.4 Å². The third-order valence-electron chi connectivity index (χ3n) is 4.96. The number of carbonyl (C=O) groups excluding carboxylic acids is 3.